The van der Waals surface area contributed by atoms with E-state index in [2.05, 4.69) is 4.57 Å². The molecule has 0 radical (unpaired) electrons. The summed E-state index contributed by atoms with van der Waals surface area (Å²) in [6.45, 7) is 0.664. The predicted molar refractivity (Wildman–Crippen MR) is 82.3 cm³/mol. The van der Waals surface area contributed by atoms with Crippen LogP contribution in [0.5, 0.6) is 0 Å². The standard InChI is InChI=1S/C17H14ClNO/c18-15-7-4-8-16-14(15)9-11-19(16)12-10-17(20)13-5-2-1-3-6-13/h1-9,11H,10,12H2. The van der Waals surface area contributed by atoms with Crippen molar-refractivity contribution in [1.82, 2.24) is 4.57 Å². The number of carbonyl (C=O) groups excluding carboxylic acids is 1. The molecule has 0 fully saturated rings. The smallest absolute Gasteiger partial charge is 0.164 e. The fourth-order valence-corrected chi connectivity index (χ4v) is 2.60. The Balaban J connectivity index is 1.78. The molecule has 3 heteroatoms. The van der Waals surface area contributed by atoms with Crippen LogP contribution >= 0.6 is 11.6 Å². The number of hydrogen-bond acceptors (Lipinski definition) is 1. The van der Waals surface area contributed by atoms with Crippen LogP contribution in [0, 0.1) is 0 Å². The second-order valence-electron chi connectivity index (χ2n) is 4.72. The number of ketones is 1. The lowest BCUT2D eigenvalue weighted by atomic mass is 10.1. The monoisotopic (exact) mass is 283 g/mol. The quantitative estimate of drug-likeness (QED) is 0.643. The third-order valence-electron chi connectivity index (χ3n) is 3.44. The normalized spacial score (nSPS) is 10.8. The molecule has 2 aromatic carbocycles. The fourth-order valence-electron chi connectivity index (χ4n) is 2.37. The van der Waals surface area contributed by atoms with Crippen molar-refractivity contribution < 1.29 is 4.79 Å². The lowest BCUT2D eigenvalue weighted by Gasteiger charge is -2.05. The molecular formula is C17H14ClNO. The maximum Gasteiger partial charge on any atom is 0.164 e. The molecule has 0 saturated carbocycles. The average molecular weight is 284 g/mol. The topological polar surface area (TPSA) is 22.0 Å². The van der Waals surface area contributed by atoms with E-state index in [-0.39, 0.29) is 5.78 Å². The molecule has 0 spiro atoms. The second-order valence-corrected chi connectivity index (χ2v) is 5.13. The summed E-state index contributed by atoms with van der Waals surface area (Å²) in [6, 6.07) is 17.2. The van der Waals surface area contributed by atoms with Crippen molar-refractivity contribution in [2.75, 3.05) is 0 Å². The van der Waals surface area contributed by atoms with E-state index < -0.39 is 0 Å². The molecule has 3 aromatic rings. The van der Waals surface area contributed by atoms with Gasteiger partial charge in [0.25, 0.3) is 0 Å². The zero-order chi connectivity index (χ0) is 13.9. The Hall–Kier alpha value is -2.06. The van der Waals surface area contributed by atoms with Crippen molar-refractivity contribution in [3.05, 3.63) is 71.4 Å². The van der Waals surface area contributed by atoms with Gasteiger partial charge in [0.05, 0.1) is 0 Å². The van der Waals surface area contributed by atoms with Gasteiger partial charge in [-0.15, -0.1) is 0 Å². The van der Waals surface area contributed by atoms with Crippen LogP contribution in [0.3, 0.4) is 0 Å². The Kier molecular flexibility index (Phi) is 3.57. The number of fused-ring (bicyclic) bond motifs is 1. The van der Waals surface area contributed by atoms with Gasteiger partial charge in [-0.25, -0.2) is 0 Å². The Labute approximate surface area is 122 Å². The fraction of sp³-hybridized carbons (Fsp3) is 0.118. The number of aryl methyl sites for hydroxylation is 1. The lowest BCUT2D eigenvalue weighted by molar-refractivity contribution is 0.0977. The lowest BCUT2D eigenvalue weighted by Crippen LogP contribution is -2.05. The van der Waals surface area contributed by atoms with Gasteiger partial charge in [0.2, 0.25) is 0 Å². The molecule has 0 bridgehead atoms. The molecule has 20 heavy (non-hydrogen) atoms. The van der Waals surface area contributed by atoms with Crippen molar-refractivity contribution >= 4 is 28.3 Å². The van der Waals surface area contributed by atoms with Crippen molar-refractivity contribution in [1.29, 1.82) is 0 Å². The zero-order valence-electron chi connectivity index (χ0n) is 10.9. The average Bonchev–Trinajstić information content (AvgIpc) is 2.90. The zero-order valence-corrected chi connectivity index (χ0v) is 11.7. The van der Waals surface area contributed by atoms with Gasteiger partial charge in [0, 0.05) is 40.7 Å². The van der Waals surface area contributed by atoms with Gasteiger partial charge in [0.1, 0.15) is 0 Å². The third-order valence-corrected chi connectivity index (χ3v) is 3.77. The molecule has 100 valence electrons. The van der Waals surface area contributed by atoms with Crippen molar-refractivity contribution in [2.24, 2.45) is 0 Å². The number of benzene rings is 2. The molecule has 0 aliphatic rings. The van der Waals surface area contributed by atoms with Gasteiger partial charge in [0.15, 0.2) is 5.78 Å². The van der Waals surface area contributed by atoms with Crippen LogP contribution in [0.25, 0.3) is 10.9 Å². The van der Waals surface area contributed by atoms with Crippen molar-refractivity contribution in [3.8, 4) is 0 Å². The Morgan fingerprint density at radius 3 is 2.60 bits per heavy atom. The van der Waals surface area contributed by atoms with E-state index >= 15 is 0 Å². The molecule has 1 aromatic heterocycles. The SMILES string of the molecule is O=C(CCn1ccc2c(Cl)cccc21)c1ccccc1. The molecule has 1 heterocycles. The molecular weight excluding hydrogens is 270 g/mol. The number of nitrogens with zero attached hydrogens (tertiary/aromatic N) is 1. The summed E-state index contributed by atoms with van der Waals surface area (Å²) in [5.41, 5.74) is 1.83. The summed E-state index contributed by atoms with van der Waals surface area (Å²) < 4.78 is 2.07. The highest BCUT2D eigenvalue weighted by Crippen LogP contribution is 2.24. The maximum atomic E-state index is 12.1. The van der Waals surface area contributed by atoms with E-state index in [1.807, 2.05) is 60.8 Å². The minimum absolute atomic E-state index is 0.162. The first-order chi connectivity index (χ1) is 9.75. The summed E-state index contributed by atoms with van der Waals surface area (Å²) in [5.74, 6) is 0.162. The Bertz CT molecular complexity index is 746. The first-order valence-corrected chi connectivity index (χ1v) is 6.95. The van der Waals surface area contributed by atoms with Crippen LogP contribution in [-0.2, 0) is 6.54 Å². The minimum atomic E-state index is 0.162. The summed E-state index contributed by atoms with van der Waals surface area (Å²) in [4.78, 5) is 12.1. The van der Waals surface area contributed by atoms with Crippen LogP contribution in [0.2, 0.25) is 5.02 Å². The van der Waals surface area contributed by atoms with Gasteiger partial charge < -0.3 is 4.57 Å². The molecule has 0 atom stereocenters. The summed E-state index contributed by atoms with van der Waals surface area (Å²) in [7, 11) is 0. The minimum Gasteiger partial charge on any atom is -0.347 e. The number of Topliss-reactive ketones (excluding diaryl/α,β-unsaturated/α-hetero) is 1. The third kappa shape index (κ3) is 2.47. The van der Waals surface area contributed by atoms with Crippen LogP contribution < -0.4 is 0 Å². The number of halogens is 1. The van der Waals surface area contributed by atoms with Gasteiger partial charge in [-0.3, -0.25) is 4.79 Å². The van der Waals surface area contributed by atoms with Crippen LogP contribution in [0.15, 0.2) is 60.8 Å². The van der Waals surface area contributed by atoms with E-state index in [1.54, 1.807) is 0 Å². The van der Waals surface area contributed by atoms with Crippen LogP contribution in [0.4, 0.5) is 0 Å². The molecule has 0 unspecified atom stereocenters. The van der Waals surface area contributed by atoms with Crippen LogP contribution in [0.1, 0.15) is 16.8 Å². The Morgan fingerprint density at radius 1 is 1.00 bits per heavy atom. The highest BCUT2D eigenvalue weighted by atomic mass is 35.5. The summed E-state index contributed by atoms with van der Waals surface area (Å²) in [5, 5.41) is 1.77. The van der Waals surface area contributed by atoms with Crippen LogP contribution in [-0.4, -0.2) is 10.4 Å². The van der Waals surface area contributed by atoms with Gasteiger partial charge in [-0.2, -0.15) is 0 Å². The van der Waals surface area contributed by atoms with E-state index in [1.165, 1.54) is 0 Å². The number of rotatable bonds is 4. The molecule has 0 saturated heterocycles. The van der Waals surface area contributed by atoms with E-state index in [4.69, 9.17) is 11.6 Å². The highest BCUT2D eigenvalue weighted by Gasteiger charge is 2.08. The highest BCUT2D eigenvalue weighted by molar-refractivity contribution is 6.35. The van der Waals surface area contributed by atoms with Crippen molar-refractivity contribution in [2.45, 2.75) is 13.0 Å². The van der Waals surface area contributed by atoms with E-state index in [9.17, 15) is 4.79 Å². The molecule has 0 N–H and O–H groups in total. The number of carbonyl (C=O) groups is 1. The second kappa shape index (κ2) is 5.51. The van der Waals surface area contributed by atoms with Gasteiger partial charge >= 0.3 is 0 Å². The van der Waals surface area contributed by atoms with E-state index in [0.29, 0.717) is 13.0 Å². The first kappa shape index (κ1) is 12.9. The maximum absolute atomic E-state index is 12.1. The predicted octanol–water partition coefficient (Wildman–Crippen LogP) is 4.57. The van der Waals surface area contributed by atoms with Crippen molar-refractivity contribution in [3.63, 3.8) is 0 Å². The summed E-state index contributed by atoms with van der Waals surface area (Å²) in [6.07, 6.45) is 2.47. The largest absolute Gasteiger partial charge is 0.347 e. The Morgan fingerprint density at radius 2 is 1.80 bits per heavy atom. The summed E-state index contributed by atoms with van der Waals surface area (Å²) >= 11 is 6.15. The molecule has 2 nitrogen and oxygen atoms in total. The van der Waals surface area contributed by atoms with Gasteiger partial charge in [-0.05, 0) is 18.2 Å². The first-order valence-electron chi connectivity index (χ1n) is 6.57. The number of aromatic nitrogens is 1. The molecule has 3 rings (SSSR count). The number of hydrogen-bond donors (Lipinski definition) is 0. The molecule has 0 aliphatic heterocycles. The van der Waals surface area contributed by atoms with Gasteiger partial charge in [-0.1, -0.05) is 48.0 Å². The molecule has 0 aliphatic carbocycles. The molecule has 0 amide bonds. The van der Waals surface area contributed by atoms with E-state index in [0.717, 1.165) is 21.5 Å².